The van der Waals surface area contributed by atoms with Crippen LogP contribution in [0, 0.1) is 0 Å². The van der Waals surface area contributed by atoms with Crippen molar-refractivity contribution in [1.82, 2.24) is 5.32 Å². The maximum Gasteiger partial charge on any atom is 0.251 e. The van der Waals surface area contributed by atoms with E-state index in [9.17, 15) is 4.79 Å². The molecule has 20 heavy (non-hydrogen) atoms. The van der Waals surface area contributed by atoms with Gasteiger partial charge in [0.2, 0.25) is 0 Å². The first-order chi connectivity index (χ1) is 9.86. The molecular weight excluding hydrogens is 265 g/mol. The van der Waals surface area contributed by atoms with E-state index in [2.05, 4.69) is 5.32 Å². The van der Waals surface area contributed by atoms with Crippen LogP contribution in [-0.2, 0) is 0 Å². The van der Waals surface area contributed by atoms with Crippen molar-refractivity contribution in [3.8, 4) is 0 Å². The molecule has 0 spiro atoms. The first-order valence-corrected chi connectivity index (χ1v) is 9.21. The molecule has 1 saturated heterocycles. The number of carbonyl (C=O) groups excluding carboxylic acids is 1. The molecule has 0 aromatic heterocycles. The highest BCUT2D eigenvalue weighted by atomic mass is 31.1. The smallest absolute Gasteiger partial charge is 0.251 e. The molecule has 1 aromatic rings. The van der Waals surface area contributed by atoms with Crippen molar-refractivity contribution in [3.63, 3.8) is 0 Å². The van der Waals surface area contributed by atoms with E-state index in [1.165, 1.54) is 44.7 Å². The second kappa shape index (κ2) is 9.13. The average Bonchev–Trinajstić information content (AvgIpc) is 2.62. The molecule has 2 nitrogen and oxygen atoms in total. The Morgan fingerprint density at radius 3 is 2.70 bits per heavy atom. The Kier molecular flexibility index (Phi) is 7.08. The summed E-state index contributed by atoms with van der Waals surface area (Å²) in [4.78, 5) is 12.0. The molecule has 2 atom stereocenters. The van der Waals surface area contributed by atoms with E-state index in [0.717, 1.165) is 32.8 Å². The van der Waals surface area contributed by atoms with Crippen molar-refractivity contribution in [3.05, 3.63) is 35.9 Å². The van der Waals surface area contributed by atoms with Gasteiger partial charge in [-0.15, -0.1) is 8.58 Å². The highest BCUT2D eigenvalue weighted by molar-refractivity contribution is 7.38. The Labute approximate surface area is 124 Å². The number of carbonyl (C=O) groups is 1. The normalized spacial score (nSPS) is 21.7. The zero-order valence-corrected chi connectivity index (χ0v) is 13.2. The molecule has 1 heterocycles. The molecule has 0 aliphatic carbocycles. The van der Waals surface area contributed by atoms with Crippen LogP contribution in [0.25, 0.3) is 0 Å². The van der Waals surface area contributed by atoms with Gasteiger partial charge < -0.3 is 5.32 Å². The third-order valence-electron chi connectivity index (χ3n) is 3.98. The molecule has 110 valence electrons. The molecular formula is C17H26NOP. The summed E-state index contributed by atoms with van der Waals surface area (Å²) < 4.78 is 0. The van der Waals surface area contributed by atoms with Crippen molar-refractivity contribution in [2.45, 2.75) is 50.6 Å². The van der Waals surface area contributed by atoms with Crippen LogP contribution in [0.5, 0.6) is 0 Å². The van der Waals surface area contributed by atoms with Gasteiger partial charge in [-0.25, -0.2) is 0 Å². The van der Waals surface area contributed by atoms with Crippen LogP contribution >= 0.6 is 8.58 Å². The van der Waals surface area contributed by atoms with Crippen molar-refractivity contribution in [2.24, 2.45) is 0 Å². The van der Waals surface area contributed by atoms with Crippen molar-refractivity contribution in [1.29, 1.82) is 0 Å². The third-order valence-corrected chi connectivity index (χ3v) is 5.77. The first kappa shape index (κ1) is 15.5. The molecule has 0 bridgehead atoms. The number of amides is 1. The maximum atomic E-state index is 12.0. The van der Waals surface area contributed by atoms with Crippen LogP contribution in [0.4, 0.5) is 0 Å². The summed E-state index contributed by atoms with van der Waals surface area (Å²) in [5.41, 5.74) is 1.61. The second-order valence-electron chi connectivity index (χ2n) is 5.62. The molecule has 1 fully saturated rings. The van der Waals surface area contributed by atoms with Gasteiger partial charge in [0.25, 0.3) is 5.91 Å². The highest BCUT2D eigenvalue weighted by Crippen LogP contribution is 2.30. The number of hydrogen-bond donors (Lipinski definition) is 1. The highest BCUT2D eigenvalue weighted by Gasteiger charge is 2.11. The molecule has 1 aliphatic heterocycles. The predicted octanol–water partition coefficient (Wildman–Crippen LogP) is 4.21. The fourth-order valence-corrected chi connectivity index (χ4v) is 4.37. The van der Waals surface area contributed by atoms with E-state index in [-0.39, 0.29) is 5.91 Å². The van der Waals surface area contributed by atoms with Crippen LogP contribution in [0.3, 0.4) is 0 Å². The molecule has 1 aromatic carbocycles. The number of benzene rings is 1. The molecule has 1 N–H and O–H groups in total. The number of hydrogen-bond acceptors (Lipinski definition) is 1. The topological polar surface area (TPSA) is 29.1 Å². The van der Waals surface area contributed by atoms with Crippen LogP contribution in [0.2, 0.25) is 0 Å². The SMILES string of the molecule is O=C(NCCC1CCCCCCCP1)c1ccccc1. The Balaban J connectivity index is 1.70. The Hall–Kier alpha value is -0.880. The van der Waals surface area contributed by atoms with Crippen LogP contribution in [0.15, 0.2) is 30.3 Å². The molecule has 2 rings (SSSR count). The second-order valence-corrected chi connectivity index (χ2v) is 7.34. The van der Waals surface area contributed by atoms with E-state index >= 15 is 0 Å². The standard InChI is InChI=1S/C17H26NOP/c19-17(15-9-5-4-6-10-15)18-13-12-16-11-7-2-1-3-8-14-20-16/h4-6,9-10,16,20H,1-3,7-8,11-14H2,(H,18,19). The summed E-state index contributed by atoms with van der Waals surface area (Å²) in [6, 6.07) is 9.51. The lowest BCUT2D eigenvalue weighted by Crippen LogP contribution is -2.26. The van der Waals surface area contributed by atoms with Crippen molar-refractivity contribution >= 4 is 14.5 Å². The van der Waals surface area contributed by atoms with Gasteiger partial charge in [-0.05, 0) is 43.2 Å². The fourth-order valence-electron chi connectivity index (χ4n) is 2.75. The minimum absolute atomic E-state index is 0.0667. The molecule has 0 radical (unpaired) electrons. The zero-order valence-electron chi connectivity index (χ0n) is 12.2. The summed E-state index contributed by atoms with van der Waals surface area (Å²) in [6.07, 6.45) is 10.9. The minimum Gasteiger partial charge on any atom is -0.352 e. The van der Waals surface area contributed by atoms with Crippen LogP contribution in [-0.4, -0.2) is 24.3 Å². The fraction of sp³-hybridized carbons (Fsp3) is 0.588. The van der Waals surface area contributed by atoms with Gasteiger partial charge in [0.05, 0.1) is 0 Å². The maximum absolute atomic E-state index is 12.0. The van der Waals surface area contributed by atoms with Crippen LogP contribution in [0.1, 0.15) is 55.3 Å². The van der Waals surface area contributed by atoms with E-state index in [1.807, 2.05) is 30.3 Å². The van der Waals surface area contributed by atoms with E-state index in [4.69, 9.17) is 0 Å². The Morgan fingerprint density at radius 2 is 1.85 bits per heavy atom. The third kappa shape index (κ3) is 5.63. The summed E-state index contributed by atoms with van der Waals surface area (Å²) >= 11 is 0. The minimum atomic E-state index is 0.0667. The van der Waals surface area contributed by atoms with Crippen molar-refractivity contribution in [2.75, 3.05) is 12.7 Å². The van der Waals surface area contributed by atoms with Gasteiger partial charge in [-0.3, -0.25) is 4.79 Å². The first-order valence-electron chi connectivity index (χ1n) is 7.93. The van der Waals surface area contributed by atoms with Gasteiger partial charge >= 0.3 is 0 Å². The summed E-state index contributed by atoms with van der Waals surface area (Å²) in [5, 5.41) is 3.06. The van der Waals surface area contributed by atoms with Gasteiger partial charge in [-0.2, -0.15) is 0 Å². The molecule has 2 unspecified atom stereocenters. The van der Waals surface area contributed by atoms with Gasteiger partial charge in [-0.1, -0.05) is 43.9 Å². The molecule has 1 aliphatic rings. The monoisotopic (exact) mass is 291 g/mol. The van der Waals surface area contributed by atoms with Crippen LogP contribution < -0.4 is 5.32 Å². The quantitative estimate of drug-likeness (QED) is 0.827. The zero-order chi connectivity index (χ0) is 14.0. The molecule has 3 heteroatoms. The predicted molar refractivity (Wildman–Crippen MR) is 88.1 cm³/mol. The van der Waals surface area contributed by atoms with Gasteiger partial charge in [0.1, 0.15) is 0 Å². The van der Waals surface area contributed by atoms with Gasteiger partial charge in [0, 0.05) is 12.1 Å². The summed E-state index contributed by atoms with van der Waals surface area (Å²) in [5.74, 6) is 0.0667. The summed E-state index contributed by atoms with van der Waals surface area (Å²) in [6.45, 7) is 0.825. The van der Waals surface area contributed by atoms with E-state index < -0.39 is 0 Å². The lowest BCUT2D eigenvalue weighted by atomic mass is 10.1. The Morgan fingerprint density at radius 1 is 1.10 bits per heavy atom. The van der Waals surface area contributed by atoms with E-state index in [0.29, 0.717) is 0 Å². The van der Waals surface area contributed by atoms with Crippen molar-refractivity contribution < 1.29 is 4.79 Å². The van der Waals surface area contributed by atoms with Gasteiger partial charge in [0.15, 0.2) is 0 Å². The Bertz CT molecular complexity index is 383. The largest absolute Gasteiger partial charge is 0.352 e. The lowest BCUT2D eigenvalue weighted by Gasteiger charge is -2.16. The summed E-state index contributed by atoms with van der Waals surface area (Å²) in [7, 11) is 1.10. The van der Waals surface area contributed by atoms with E-state index in [1.54, 1.807) is 0 Å². The average molecular weight is 291 g/mol. The number of rotatable bonds is 4. The molecule has 0 saturated carbocycles. The lowest BCUT2D eigenvalue weighted by molar-refractivity contribution is 0.0953. The molecule has 1 amide bonds. The number of nitrogens with one attached hydrogen (secondary N) is 1.